The van der Waals surface area contributed by atoms with Crippen molar-refractivity contribution in [2.75, 3.05) is 20.1 Å². The fourth-order valence-corrected chi connectivity index (χ4v) is 2.54. The summed E-state index contributed by atoms with van der Waals surface area (Å²) in [6, 6.07) is 6.49. The van der Waals surface area contributed by atoms with Crippen LogP contribution in [0.3, 0.4) is 0 Å². The van der Waals surface area contributed by atoms with Crippen LogP contribution < -0.4 is 0 Å². The first kappa shape index (κ1) is 11.9. The van der Waals surface area contributed by atoms with E-state index in [1.54, 1.807) is 24.3 Å². The summed E-state index contributed by atoms with van der Waals surface area (Å²) in [4.78, 5) is 13.6. The van der Waals surface area contributed by atoms with Gasteiger partial charge in [0.15, 0.2) is 0 Å². The predicted molar refractivity (Wildman–Crippen MR) is 64.1 cm³/mol. The summed E-state index contributed by atoms with van der Waals surface area (Å²) < 4.78 is 0. The average Bonchev–Trinajstić information content (AvgIpc) is 2.68. The van der Waals surface area contributed by atoms with E-state index in [1.165, 1.54) is 0 Å². The highest BCUT2D eigenvalue weighted by Crippen LogP contribution is 2.32. The van der Waals surface area contributed by atoms with Crippen LogP contribution in [0.4, 0.5) is 0 Å². The molecule has 1 aliphatic heterocycles. The zero-order chi connectivity index (χ0) is 12.4. The number of aliphatic carboxylic acids is 1. The SMILES string of the molecule is CN1CCC(C(C(=O)O)c2ccc(O)cc2)C1. The quantitative estimate of drug-likeness (QED) is 0.833. The topological polar surface area (TPSA) is 60.8 Å². The van der Waals surface area contributed by atoms with Crippen LogP contribution in [0, 0.1) is 5.92 Å². The lowest BCUT2D eigenvalue weighted by molar-refractivity contribution is -0.140. The Bertz CT molecular complexity index is 402. The Morgan fingerprint density at radius 3 is 2.53 bits per heavy atom. The third-order valence-corrected chi connectivity index (χ3v) is 3.42. The number of nitrogens with zero attached hydrogens (tertiary/aromatic N) is 1. The van der Waals surface area contributed by atoms with Crippen molar-refractivity contribution in [3.63, 3.8) is 0 Å². The fourth-order valence-electron chi connectivity index (χ4n) is 2.54. The van der Waals surface area contributed by atoms with Crippen molar-refractivity contribution in [1.29, 1.82) is 0 Å². The van der Waals surface area contributed by atoms with Crippen LogP contribution in [0.25, 0.3) is 0 Å². The summed E-state index contributed by atoms with van der Waals surface area (Å²) in [5, 5.41) is 18.6. The molecule has 4 nitrogen and oxygen atoms in total. The van der Waals surface area contributed by atoms with Crippen LogP contribution in [-0.4, -0.2) is 41.2 Å². The van der Waals surface area contributed by atoms with Crippen molar-refractivity contribution in [2.24, 2.45) is 5.92 Å². The number of phenolic OH excluding ortho intramolecular Hbond substituents is 1. The van der Waals surface area contributed by atoms with Crippen molar-refractivity contribution in [1.82, 2.24) is 4.90 Å². The molecule has 1 aliphatic rings. The second kappa shape index (κ2) is 4.75. The molecule has 0 spiro atoms. The first-order chi connectivity index (χ1) is 8.08. The minimum absolute atomic E-state index is 0.155. The molecule has 17 heavy (non-hydrogen) atoms. The van der Waals surface area contributed by atoms with E-state index in [9.17, 15) is 15.0 Å². The van der Waals surface area contributed by atoms with E-state index in [1.807, 2.05) is 7.05 Å². The van der Waals surface area contributed by atoms with Crippen molar-refractivity contribution >= 4 is 5.97 Å². The number of hydrogen-bond acceptors (Lipinski definition) is 3. The molecule has 1 aromatic carbocycles. The molecule has 1 fully saturated rings. The van der Waals surface area contributed by atoms with Crippen molar-refractivity contribution < 1.29 is 15.0 Å². The van der Waals surface area contributed by atoms with Gasteiger partial charge in [-0.3, -0.25) is 4.79 Å². The maximum Gasteiger partial charge on any atom is 0.311 e. The van der Waals surface area contributed by atoms with E-state index in [-0.39, 0.29) is 11.7 Å². The standard InChI is InChI=1S/C13H17NO3/c1-14-7-6-10(8-14)12(13(16)17)9-2-4-11(15)5-3-9/h2-5,10,12,15H,6-8H2,1H3,(H,16,17). The Balaban J connectivity index is 2.23. The molecule has 0 saturated carbocycles. The third-order valence-electron chi connectivity index (χ3n) is 3.42. The lowest BCUT2D eigenvalue weighted by atomic mass is 9.85. The molecule has 1 saturated heterocycles. The maximum absolute atomic E-state index is 11.4. The number of likely N-dealkylation sites (tertiary alicyclic amines) is 1. The second-order valence-electron chi connectivity index (χ2n) is 4.72. The van der Waals surface area contributed by atoms with Crippen LogP contribution in [0.2, 0.25) is 0 Å². The number of phenols is 1. The Kier molecular flexibility index (Phi) is 3.33. The van der Waals surface area contributed by atoms with E-state index in [0.29, 0.717) is 0 Å². The van der Waals surface area contributed by atoms with Crippen LogP contribution in [0.15, 0.2) is 24.3 Å². The van der Waals surface area contributed by atoms with Gasteiger partial charge in [-0.25, -0.2) is 0 Å². The second-order valence-corrected chi connectivity index (χ2v) is 4.72. The molecule has 0 bridgehead atoms. The molecule has 1 aromatic rings. The Hall–Kier alpha value is -1.55. The van der Waals surface area contributed by atoms with Gasteiger partial charge in [0.2, 0.25) is 0 Å². The average molecular weight is 235 g/mol. The first-order valence-electron chi connectivity index (χ1n) is 5.78. The summed E-state index contributed by atoms with van der Waals surface area (Å²) in [6.07, 6.45) is 0.911. The van der Waals surface area contributed by atoms with Gasteiger partial charge in [0, 0.05) is 6.54 Å². The predicted octanol–water partition coefficient (Wildman–Crippen LogP) is 1.51. The van der Waals surface area contributed by atoms with Gasteiger partial charge in [-0.1, -0.05) is 12.1 Å². The van der Waals surface area contributed by atoms with Crippen molar-refractivity contribution in [3.05, 3.63) is 29.8 Å². The molecule has 1 heterocycles. The normalized spacial score (nSPS) is 22.5. The van der Waals surface area contributed by atoms with E-state index in [4.69, 9.17) is 0 Å². The lowest BCUT2D eigenvalue weighted by Crippen LogP contribution is -2.24. The molecule has 0 radical (unpaired) electrons. The van der Waals surface area contributed by atoms with Crippen LogP contribution in [-0.2, 0) is 4.79 Å². The Labute approximate surface area is 100 Å². The molecular formula is C13H17NO3. The molecular weight excluding hydrogens is 218 g/mol. The Morgan fingerprint density at radius 2 is 2.06 bits per heavy atom. The molecule has 0 aromatic heterocycles. The number of benzene rings is 1. The summed E-state index contributed by atoms with van der Waals surface area (Å²) in [5.74, 6) is -0.931. The number of rotatable bonds is 3. The van der Waals surface area contributed by atoms with Gasteiger partial charge in [-0.05, 0) is 43.6 Å². The maximum atomic E-state index is 11.4. The van der Waals surface area contributed by atoms with Crippen LogP contribution in [0.5, 0.6) is 5.75 Å². The van der Waals surface area contributed by atoms with Gasteiger partial charge < -0.3 is 15.1 Å². The van der Waals surface area contributed by atoms with E-state index in [0.717, 1.165) is 25.1 Å². The highest BCUT2D eigenvalue weighted by molar-refractivity contribution is 5.76. The lowest BCUT2D eigenvalue weighted by Gasteiger charge is -2.19. The van der Waals surface area contributed by atoms with Gasteiger partial charge in [0.1, 0.15) is 5.75 Å². The summed E-state index contributed by atoms with van der Waals surface area (Å²) in [5.41, 5.74) is 0.774. The van der Waals surface area contributed by atoms with Gasteiger partial charge in [0.25, 0.3) is 0 Å². The highest BCUT2D eigenvalue weighted by Gasteiger charge is 2.33. The minimum atomic E-state index is -0.781. The molecule has 2 rings (SSSR count). The highest BCUT2D eigenvalue weighted by atomic mass is 16.4. The molecule has 0 aliphatic carbocycles. The summed E-state index contributed by atoms with van der Waals surface area (Å²) >= 11 is 0. The van der Waals surface area contributed by atoms with Gasteiger partial charge in [0.05, 0.1) is 5.92 Å². The monoisotopic (exact) mass is 235 g/mol. The number of carboxylic acids is 1. The molecule has 92 valence electrons. The van der Waals surface area contributed by atoms with Crippen molar-refractivity contribution in [2.45, 2.75) is 12.3 Å². The van der Waals surface area contributed by atoms with Gasteiger partial charge >= 0.3 is 5.97 Å². The minimum Gasteiger partial charge on any atom is -0.508 e. The zero-order valence-electron chi connectivity index (χ0n) is 9.84. The molecule has 2 unspecified atom stereocenters. The van der Waals surface area contributed by atoms with Gasteiger partial charge in [-0.2, -0.15) is 0 Å². The largest absolute Gasteiger partial charge is 0.508 e. The first-order valence-corrected chi connectivity index (χ1v) is 5.78. The number of carbonyl (C=O) groups is 1. The molecule has 2 atom stereocenters. The number of aromatic hydroxyl groups is 1. The summed E-state index contributed by atoms with van der Waals surface area (Å²) in [6.45, 7) is 1.77. The van der Waals surface area contributed by atoms with Crippen LogP contribution >= 0.6 is 0 Å². The zero-order valence-corrected chi connectivity index (χ0v) is 9.84. The molecule has 4 heteroatoms. The van der Waals surface area contributed by atoms with Crippen LogP contribution in [0.1, 0.15) is 17.9 Å². The van der Waals surface area contributed by atoms with E-state index in [2.05, 4.69) is 4.90 Å². The third kappa shape index (κ3) is 2.58. The number of hydrogen-bond donors (Lipinski definition) is 2. The molecule has 0 amide bonds. The van der Waals surface area contributed by atoms with Gasteiger partial charge in [-0.15, -0.1) is 0 Å². The van der Waals surface area contributed by atoms with Crippen molar-refractivity contribution in [3.8, 4) is 5.75 Å². The Morgan fingerprint density at radius 1 is 1.41 bits per heavy atom. The fraction of sp³-hybridized carbons (Fsp3) is 0.462. The van der Waals surface area contributed by atoms with E-state index >= 15 is 0 Å². The number of carboxylic acid groups (broad SMARTS) is 1. The summed E-state index contributed by atoms with van der Waals surface area (Å²) in [7, 11) is 2.01. The smallest absolute Gasteiger partial charge is 0.311 e. The molecule has 2 N–H and O–H groups in total. The van der Waals surface area contributed by atoms with E-state index < -0.39 is 11.9 Å².